The second-order valence-electron chi connectivity index (χ2n) is 9.22. The summed E-state index contributed by atoms with van der Waals surface area (Å²) in [6, 6.07) is 15.0. The normalized spacial score (nSPS) is 14.4. The standard InChI is InChI=1S/C29H29AsClN5S/c1-35-16-12-33-29(35)37-27-11-9-23(18-25(27)31)30-28-22(19-32)20-34-26-17-21(8-10-24(26)28)7-3-2-4-13-36-14-5-6-15-36/h3,7-12,16-18,20,30H,2,4-6,13-15H2,1H3. The molecule has 2 aromatic heterocycles. The minimum atomic E-state index is -0.788. The molecule has 188 valence electrons. The Hall–Kier alpha value is -2.55. The van der Waals surface area contributed by atoms with Gasteiger partial charge in [-0.15, -0.1) is 0 Å². The molecule has 1 aliphatic rings. The number of halogens is 1. The van der Waals surface area contributed by atoms with Crippen molar-refractivity contribution in [3.63, 3.8) is 0 Å². The number of aryl methyl sites for hydroxylation is 1. The van der Waals surface area contributed by atoms with Gasteiger partial charge in [0, 0.05) is 0 Å². The average molecular weight is 590 g/mol. The van der Waals surface area contributed by atoms with Gasteiger partial charge < -0.3 is 0 Å². The van der Waals surface area contributed by atoms with E-state index in [1.165, 1.54) is 43.2 Å². The molecule has 0 saturated carbocycles. The molecule has 0 radical (unpaired) electrons. The maximum absolute atomic E-state index is 9.80. The van der Waals surface area contributed by atoms with Crippen molar-refractivity contribution in [1.82, 2.24) is 19.4 Å². The Balaban J connectivity index is 1.31. The van der Waals surface area contributed by atoms with Crippen LogP contribution in [0.15, 0.2) is 71.1 Å². The second kappa shape index (κ2) is 12.3. The molecule has 1 atom stereocenters. The summed E-state index contributed by atoms with van der Waals surface area (Å²) in [5.41, 5.74) is 2.74. The first kappa shape index (κ1) is 26.1. The zero-order valence-electron chi connectivity index (χ0n) is 20.8. The number of allylic oxidation sites excluding steroid dienone is 1. The van der Waals surface area contributed by atoms with Crippen LogP contribution < -0.4 is 8.70 Å². The summed E-state index contributed by atoms with van der Waals surface area (Å²) in [7, 11) is 1.97. The fourth-order valence-corrected chi connectivity index (χ4v) is 8.51. The molecule has 2 aromatic carbocycles. The van der Waals surface area contributed by atoms with Crippen molar-refractivity contribution in [2.45, 2.75) is 35.7 Å². The van der Waals surface area contributed by atoms with Crippen molar-refractivity contribution < 1.29 is 0 Å². The van der Waals surface area contributed by atoms with Crippen LogP contribution in [0, 0.1) is 11.3 Å². The van der Waals surface area contributed by atoms with Gasteiger partial charge in [-0.2, -0.15) is 0 Å². The number of aromatic nitrogens is 3. The van der Waals surface area contributed by atoms with Crippen LogP contribution in [-0.4, -0.2) is 54.8 Å². The maximum atomic E-state index is 9.80. The molecule has 5 rings (SSSR count). The molecule has 1 unspecified atom stereocenters. The van der Waals surface area contributed by atoms with Gasteiger partial charge in [0.1, 0.15) is 0 Å². The number of rotatable bonds is 9. The number of benzene rings is 2. The molecule has 1 aliphatic heterocycles. The summed E-state index contributed by atoms with van der Waals surface area (Å²) in [4.78, 5) is 12.5. The van der Waals surface area contributed by atoms with Crippen LogP contribution in [0.5, 0.6) is 0 Å². The summed E-state index contributed by atoms with van der Waals surface area (Å²) < 4.78 is 4.26. The predicted molar refractivity (Wildman–Crippen MR) is 156 cm³/mol. The van der Waals surface area contributed by atoms with Crippen LogP contribution in [0.25, 0.3) is 17.0 Å². The van der Waals surface area contributed by atoms with Crippen LogP contribution in [0.4, 0.5) is 0 Å². The topological polar surface area (TPSA) is 57.7 Å². The van der Waals surface area contributed by atoms with Crippen molar-refractivity contribution >= 4 is 64.8 Å². The zero-order chi connectivity index (χ0) is 25.6. The molecule has 0 N–H and O–H groups in total. The first-order valence-corrected chi connectivity index (χ1v) is 15.8. The van der Waals surface area contributed by atoms with Crippen LogP contribution in [0.1, 0.15) is 36.8 Å². The molecule has 1 fully saturated rings. The Bertz CT molecular complexity index is 1470. The van der Waals surface area contributed by atoms with Gasteiger partial charge in [-0.3, -0.25) is 0 Å². The number of imidazole rings is 1. The molecule has 0 spiro atoms. The average Bonchev–Trinajstić information content (AvgIpc) is 3.57. The fourth-order valence-electron chi connectivity index (χ4n) is 4.55. The van der Waals surface area contributed by atoms with E-state index in [4.69, 9.17) is 11.6 Å². The van der Waals surface area contributed by atoms with E-state index in [1.54, 1.807) is 24.2 Å². The van der Waals surface area contributed by atoms with E-state index in [0.29, 0.717) is 10.6 Å². The number of unbranched alkanes of at least 4 members (excludes halogenated alkanes) is 1. The third-order valence-electron chi connectivity index (χ3n) is 6.55. The SMILES string of the molecule is Cn1ccnc1Sc1ccc([AsH]c2c(C#N)cnc3cc(C=CCCCN4CCCC4)ccc23)cc1Cl. The van der Waals surface area contributed by atoms with Gasteiger partial charge in [-0.25, -0.2) is 0 Å². The molecule has 0 amide bonds. The second-order valence-corrected chi connectivity index (χ2v) is 13.4. The van der Waals surface area contributed by atoms with Crippen molar-refractivity contribution in [2.24, 2.45) is 7.05 Å². The van der Waals surface area contributed by atoms with Gasteiger partial charge in [-0.1, -0.05) is 0 Å². The summed E-state index contributed by atoms with van der Waals surface area (Å²) >= 11 is 7.42. The molecule has 0 aliphatic carbocycles. The number of hydrogen-bond acceptors (Lipinski definition) is 5. The molecule has 37 heavy (non-hydrogen) atoms. The van der Waals surface area contributed by atoms with Gasteiger partial charge in [0.15, 0.2) is 0 Å². The van der Waals surface area contributed by atoms with Gasteiger partial charge in [0.25, 0.3) is 0 Å². The molecule has 8 heteroatoms. The van der Waals surface area contributed by atoms with E-state index in [2.05, 4.69) is 63.4 Å². The van der Waals surface area contributed by atoms with Crippen molar-refractivity contribution in [3.05, 3.63) is 77.2 Å². The molecular weight excluding hydrogens is 561 g/mol. The molecule has 5 nitrogen and oxygen atoms in total. The molecule has 3 heterocycles. The minimum absolute atomic E-state index is 0.653. The Morgan fingerprint density at radius 3 is 2.78 bits per heavy atom. The number of likely N-dealkylation sites (tertiary alicyclic amines) is 1. The van der Waals surface area contributed by atoms with Gasteiger partial charge >= 0.3 is 222 Å². The van der Waals surface area contributed by atoms with Crippen LogP contribution in [0.3, 0.4) is 0 Å². The molecule has 0 bridgehead atoms. The van der Waals surface area contributed by atoms with Crippen molar-refractivity contribution in [1.29, 1.82) is 5.26 Å². The molecular formula is C29H29AsClN5S. The third kappa shape index (κ3) is 6.48. The quantitative estimate of drug-likeness (QED) is 0.205. The molecule has 1 saturated heterocycles. The Kier molecular flexibility index (Phi) is 8.69. The number of fused-ring (bicyclic) bond motifs is 1. The first-order valence-electron chi connectivity index (χ1n) is 12.5. The van der Waals surface area contributed by atoms with E-state index in [-0.39, 0.29) is 0 Å². The summed E-state index contributed by atoms with van der Waals surface area (Å²) in [5, 5.41) is 12.5. The van der Waals surface area contributed by atoms with Gasteiger partial charge in [0.05, 0.1) is 0 Å². The third-order valence-corrected chi connectivity index (χ3v) is 11.0. The Labute approximate surface area is 234 Å². The van der Waals surface area contributed by atoms with Crippen molar-refractivity contribution in [2.75, 3.05) is 19.6 Å². The van der Waals surface area contributed by atoms with E-state index < -0.39 is 15.8 Å². The first-order chi connectivity index (χ1) is 18.1. The van der Waals surface area contributed by atoms with E-state index in [1.807, 2.05) is 23.9 Å². The number of hydrogen-bond donors (Lipinski definition) is 0. The summed E-state index contributed by atoms with van der Waals surface area (Å²) in [6.45, 7) is 3.72. The number of pyridine rings is 1. The zero-order valence-corrected chi connectivity index (χ0v) is 24.5. The predicted octanol–water partition coefficient (Wildman–Crippen LogP) is 4.92. The summed E-state index contributed by atoms with van der Waals surface area (Å²) in [6.07, 6.45) is 14.9. The van der Waals surface area contributed by atoms with Crippen LogP contribution in [-0.2, 0) is 7.05 Å². The molecule has 4 aromatic rings. The number of nitriles is 1. The van der Waals surface area contributed by atoms with E-state index >= 15 is 0 Å². The van der Waals surface area contributed by atoms with Gasteiger partial charge in [-0.05, 0) is 12.8 Å². The Morgan fingerprint density at radius 2 is 2.03 bits per heavy atom. The number of nitrogens with zero attached hydrogens (tertiary/aromatic N) is 5. The Morgan fingerprint density at radius 1 is 1.16 bits per heavy atom. The van der Waals surface area contributed by atoms with E-state index in [0.717, 1.165) is 37.3 Å². The van der Waals surface area contributed by atoms with Crippen LogP contribution >= 0.6 is 23.4 Å². The van der Waals surface area contributed by atoms with E-state index in [9.17, 15) is 5.26 Å². The van der Waals surface area contributed by atoms with Gasteiger partial charge in [0.2, 0.25) is 0 Å². The fraction of sp³-hybridized carbons (Fsp3) is 0.276. The monoisotopic (exact) mass is 589 g/mol. The van der Waals surface area contributed by atoms with Crippen molar-refractivity contribution in [3.8, 4) is 6.07 Å². The van der Waals surface area contributed by atoms with Crippen LogP contribution in [0.2, 0.25) is 5.02 Å². The summed E-state index contributed by atoms with van der Waals surface area (Å²) in [5.74, 6) is 0.